The Morgan fingerprint density at radius 2 is 2.08 bits per heavy atom. The predicted octanol–water partition coefficient (Wildman–Crippen LogP) is 2.45. The van der Waals surface area contributed by atoms with E-state index >= 15 is 0 Å². The van der Waals surface area contributed by atoms with Crippen LogP contribution in [0.25, 0.3) is 0 Å². The number of hydrogen-bond acceptors (Lipinski definition) is 5. The van der Waals surface area contributed by atoms with E-state index in [0.29, 0.717) is 30.2 Å². The average molecular weight is 331 g/mol. The minimum atomic E-state index is -0.400. The summed E-state index contributed by atoms with van der Waals surface area (Å²) in [6, 6.07) is 6.76. The van der Waals surface area contributed by atoms with Gasteiger partial charge in [0.2, 0.25) is 0 Å². The number of benzene rings is 1. The maximum absolute atomic E-state index is 14.1. The summed E-state index contributed by atoms with van der Waals surface area (Å²) in [5.74, 6) is 0.919. The van der Waals surface area contributed by atoms with E-state index in [2.05, 4.69) is 14.9 Å². The van der Waals surface area contributed by atoms with Gasteiger partial charge in [-0.25, -0.2) is 14.4 Å². The fraction of sp³-hybridized carbons (Fsp3) is 0.444. The molecule has 3 rings (SSSR count). The van der Waals surface area contributed by atoms with Gasteiger partial charge >= 0.3 is 0 Å². The van der Waals surface area contributed by atoms with Gasteiger partial charge in [-0.3, -0.25) is 0 Å². The summed E-state index contributed by atoms with van der Waals surface area (Å²) in [6.45, 7) is 1.40. The minimum absolute atomic E-state index is 0.000409. The van der Waals surface area contributed by atoms with E-state index in [1.165, 1.54) is 6.07 Å². The number of aromatic nitrogens is 2. The largest absolute Gasteiger partial charge is 0.478 e. The molecule has 1 aliphatic rings. The van der Waals surface area contributed by atoms with E-state index in [0.717, 1.165) is 19.4 Å². The zero-order chi connectivity index (χ0) is 17.0. The third kappa shape index (κ3) is 3.33. The van der Waals surface area contributed by atoms with Crippen molar-refractivity contribution < 1.29 is 14.2 Å². The van der Waals surface area contributed by atoms with Gasteiger partial charge in [-0.05, 0) is 30.9 Å². The van der Waals surface area contributed by atoms with Crippen LogP contribution in [0, 0.1) is 11.2 Å². The van der Waals surface area contributed by atoms with Crippen LogP contribution in [0.15, 0.2) is 36.7 Å². The van der Waals surface area contributed by atoms with Crippen LogP contribution in [0.1, 0.15) is 18.4 Å². The fourth-order valence-corrected chi connectivity index (χ4v) is 3.44. The van der Waals surface area contributed by atoms with Crippen LogP contribution in [0.2, 0.25) is 0 Å². The maximum Gasteiger partial charge on any atom is 0.257 e. The predicted molar refractivity (Wildman–Crippen MR) is 89.7 cm³/mol. The molecule has 128 valence electrons. The van der Waals surface area contributed by atoms with E-state index in [-0.39, 0.29) is 12.4 Å². The highest BCUT2D eigenvalue weighted by molar-refractivity contribution is 5.48. The molecule has 1 fully saturated rings. The summed E-state index contributed by atoms with van der Waals surface area (Å²) in [4.78, 5) is 10.7. The van der Waals surface area contributed by atoms with Crippen LogP contribution in [0.3, 0.4) is 0 Å². The number of rotatable bonds is 5. The second kappa shape index (κ2) is 7.13. The third-order valence-electron chi connectivity index (χ3n) is 4.66. The van der Waals surface area contributed by atoms with Gasteiger partial charge in [0.25, 0.3) is 5.88 Å². The molecular formula is C18H22FN3O2. The first-order valence-corrected chi connectivity index (χ1v) is 8.12. The second-order valence-corrected chi connectivity index (χ2v) is 6.34. The Labute approximate surface area is 141 Å². The first kappa shape index (κ1) is 16.6. The summed E-state index contributed by atoms with van der Waals surface area (Å²) in [7, 11) is 1.57. The molecule has 24 heavy (non-hydrogen) atoms. The quantitative estimate of drug-likeness (QED) is 0.912. The van der Waals surface area contributed by atoms with Crippen molar-refractivity contribution in [2.45, 2.75) is 19.3 Å². The molecule has 2 aromatic rings. The van der Waals surface area contributed by atoms with Crippen molar-refractivity contribution >= 4 is 5.82 Å². The van der Waals surface area contributed by atoms with Gasteiger partial charge in [0.15, 0.2) is 5.82 Å². The molecule has 1 aliphatic heterocycles. The van der Waals surface area contributed by atoms with Crippen molar-refractivity contribution in [3.05, 3.63) is 48.0 Å². The van der Waals surface area contributed by atoms with Gasteiger partial charge in [-0.1, -0.05) is 18.2 Å². The molecule has 1 saturated heterocycles. The van der Waals surface area contributed by atoms with Gasteiger partial charge in [0, 0.05) is 30.9 Å². The maximum atomic E-state index is 14.1. The highest BCUT2D eigenvalue weighted by Crippen LogP contribution is 2.37. The summed E-state index contributed by atoms with van der Waals surface area (Å²) in [5, 5.41) is 10.1. The van der Waals surface area contributed by atoms with Crippen LogP contribution in [-0.2, 0) is 6.42 Å². The SMILES string of the molecule is COc1nccnc1N1CCCC(CO)(Cc2ccccc2F)C1. The summed E-state index contributed by atoms with van der Waals surface area (Å²) in [5.41, 5.74) is 0.239. The molecule has 0 radical (unpaired) electrons. The molecule has 0 saturated carbocycles. The second-order valence-electron chi connectivity index (χ2n) is 6.34. The Hall–Kier alpha value is -2.21. The first-order chi connectivity index (χ1) is 11.7. The zero-order valence-corrected chi connectivity index (χ0v) is 13.8. The van der Waals surface area contributed by atoms with Crippen molar-refractivity contribution in [2.75, 3.05) is 31.7 Å². The van der Waals surface area contributed by atoms with Crippen LogP contribution in [-0.4, -0.2) is 41.9 Å². The van der Waals surface area contributed by atoms with Gasteiger partial charge < -0.3 is 14.7 Å². The van der Waals surface area contributed by atoms with E-state index in [1.807, 2.05) is 6.07 Å². The van der Waals surface area contributed by atoms with Crippen LogP contribution in [0.4, 0.5) is 10.2 Å². The lowest BCUT2D eigenvalue weighted by molar-refractivity contribution is 0.104. The highest BCUT2D eigenvalue weighted by atomic mass is 19.1. The number of ether oxygens (including phenoxy) is 1. The number of aliphatic hydroxyl groups excluding tert-OH is 1. The van der Waals surface area contributed by atoms with Gasteiger partial charge in [0.05, 0.1) is 13.7 Å². The molecule has 1 N–H and O–H groups in total. The fourth-order valence-electron chi connectivity index (χ4n) is 3.44. The Balaban J connectivity index is 1.85. The lowest BCUT2D eigenvalue weighted by Gasteiger charge is -2.42. The van der Waals surface area contributed by atoms with Crippen molar-refractivity contribution in [3.8, 4) is 5.88 Å². The van der Waals surface area contributed by atoms with Gasteiger partial charge in [0.1, 0.15) is 5.82 Å². The molecule has 1 aromatic heterocycles. The number of anilines is 1. The molecule has 1 unspecified atom stereocenters. The number of methoxy groups -OCH3 is 1. The molecule has 1 aromatic carbocycles. The molecule has 1 atom stereocenters. The molecule has 5 nitrogen and oxygen atoms in total. The topological polar surface area (TPSA) is 58.5 Å². The number of piperidine rings is 1. The Morgan fingerprint density at radius 1 is 1.29 bits per heavy atom. The number of nitrogens with zero attached hydrogens (tertiary/aromatic N) is 3. The number of aliphatic hydroxyl groups is 1. The standard InChI is InChI=1S/C18H22FN3O2/c1-24-17-16(20-8-9-21-17)22-10-4-7-18(12-22,13-23)11-14-5-2-3-6-15(14)19/h2-3,5-6,8-9,23H,4,7,10-13H2,1H3. The Morgan fingerprint density at radius 3 is 2.83 bits per heavy atom. The van der Waals surface area contributed by atoms with Gasteiger partial charge in [-0.15, -0.1) is 0 Å². The molecule has 0 spiro atoms. The van der Waals surface area contributed by atoms with Crippen molar-refractivity contribution in [2.24, 2.45) is 5.41 Å². The van der Waals surface area contributed by atoms with Crippen LogP contribution < -0.4 is 9.64 Å². The Kier molecular flexibility index (Phi) is 4.94. The summed E-state index contributed by atoms with van der Waals surface area (Å²) in [6.07, 6.45) is 5.45. The van der Waals surface area contributed by atoms with E-state index in [9.17, 15) is 9.50 Å². The highest BCUT2D eigenvalue weighted by Gasteiger charge is 2.37. The lowest BCUT2D eigenvalue weighted by Crippen LogP contribution is -2.47. The lowest BCUT2D eigenvalue weighted by atomic mass is 9.75. The van der Waals surface area contributed by atoms with Crippen LogP contribution in [0.5, 0.6) is 5.88 Å². The monoisotopic (exact) mass is 331 g/mol. The normalized spacial score (nSPS) is 20.9. The molecule has 0 amide bonds. The zero-order valence-electron chi connectivity index (χ0n) is 13.8. The van der Waals surface area contributed by atoms with E-state index in [1.54, 1.807) is 31.6 Å². The number of halogens is 1. The molecule has 2 heterocycles. The average Bonchev–Trinajstić information content (AvgIpc) is 2.64. The van der Waals surface area contributed by atoms with Gasteiger partial charge in [-0.2, -0.15) is 0 Å². The minimum Gasteiger partial charge on any atom is -0.478 e. The summed E-state index contributed by atoms with van der Waals surface area (Å²) >= 11 is 0. The van der Waals surface area contributed by atoms with E-state index in [4.69, 9.17) is 4.74 Å². The smallest absolute Gasteiger partial charge is 0.257 e. The number of hydrogen-bond donors (Lipinski definition) is 1. The molecular weight excluding hydrogens is 309 g/mol. The molecule has 6 heteroatoms. The first-order valence-electron chi connectivity index (χ1n) is 8.12. The third-order valence-corrected chi connectivity index (χ3v) is 4.66. The van der Waals surface area contributed by atoms with Crippen LogP contribution >= 0.6 is 0 Å². The Bertz CT molecular complexity index is 697. The summed E-state index contributed by atoms with van der Waals surface area (Å²) < 4.78 is 19.4. The van der Waals surface area contributed by atoms with E-state index < -0.39 is 5.41 Å². The van der Waals surface area contributed by atoms with Crippen molar-refractivity contribution in [1.29, 1.82) is 0 Å². The molecule has 0 bridgehead atoms. The van der Waals surface area contributed by atoms with Crippen molar-refractivity contribution in [1.82, 2.24) is 9.97 Å². The van der Waals surface area contributed by atoms with Crippen molar-refractivity contribution in [3.63, 3.8) is 0 Å². The molecule has 0 aliphatic carbocycles.